The van der Waals surface area contributed by atoms with Gasteiger partial charge in [0.05, 0.1) is 11.5 Å². The van der Waals surface area contributed by atoms with Gasteiger partial charge in [-0.25, -0.2) is 0 Å². The monoisotopic (exact) mass is 308 g/mol. The van der Waals surface area contributed by atoms with Crippen LogP contribution in [0.3, 0.4) is 0 Å². The highest BCUT2D eigenvalue weighted by Crippen LogP contribution is 2.24. The second kappa shape index (κ2) is 6.80. The number of hydrogen-bond acceptors (Lipinski definition) is 2. The van der Waals surface area contributed by atoms with Gasteiger partial charge in [-0.1, -0.05) is 28.4 Å². The molecule has 0 unspecified atom stereocenters. The zero-order chi connectivity index (χ0) is 13.6. The summed E-state index contributed by atoms with van der Waals surface area (Å²) < 4.78 is 1.14. The van der Waals surface area contributed by atoms with Crippen molar-refractivity contribution >= 4 is 21.6 Å². The first-order chi connectivity index (χ1) is 8.46. The molecule has 1 rings (SSSR count). The van der Waals surface area contributed by atoms with E-state index in [9.17, 15) is 0 Å². The van der Waals surface area contributed by atoms with Gasteiger partial charge >= 0.3 is 0 Å². The lowest BCUT2D eigenvalue weighted by molar-refractivity contribution is 0.430. The number of nitrogens with one attached hydrogen (secondary N) is 1. The van der Waals surface area contributed by atoms with Crippen molar-refractivity contribution in [3.05, 3.63) is 28.2 Å². The first-order valence-corrected chi connectivity index (χ1v) is 7.16. The second-order valence-corrected chi connectivity index (χ2v) is 6.15. The fourth-order valence-corrected chi connectivity index (χ4v) is 2.14. The molecule has 0 heterocycles. The minimum Gasteiger partial charge on any atom is -0.385 e. The Hall–Kier alpha value is -1.01. The van der Waals surface area contributed by atoms with Crippen LogP contribution in [0.25, 0.3) is 0 Å². The van der Waals surface area contributed by atoms with Crippen LogP contribution in [0.5, 0.6) is 0 Å². The van der Waals surface area contributed by atoms with Crippen LogP contribution in [0.4, 0.5) is 5.69 Å². The average Bonchev–Trinajstić information content (AvgIpc) is 2.34. The molecule has 1 aromatic rings. The molecule has 0 radical (unpaired) electrons. The minimum absolute atomic E-state index is 0.189. The highest BCUT2D eigenvalue weighted by Gasteiger charge is 2.15. The lowest BCUT2D eigenvalue weighted by Gasteiger charge is -2.15. The maximum Gasteiger partial charge on any atom is 0.0683 e. The van der Waals surface area contributed by atoms with E-state index in [1.54, 1.807) is 0 Å². The van der Waals surface area contributed by atoms with Gasteiger partial charge in [-0.3, -0.25) is 0 Å². The van der Waals surface area contributed by atoms with E-state index in [0.29, 0.717) is 0 Å². The molecule has 0 amide bonds. The highest BCUT2D eigenvalue weighted by atomic mass is 79.9. The van der Waals surface area contributed by atoms with Crippen molar-refractivity contribution in [2.75, 3.05) is 11.9 Å². The van der Waals surface area contributed by atoms with Gasteiger partial charge in [0, 0.05) is 16.7 Å². The van der Waals surface area contributed by atoms with Gasteiger partial charge in [0.25, 0.3) is 0 Å². The summed E-state index contributed by atoms with van der Waals surface area (Å²) in [6, 6.07) is 8.53. The van der Waals surface area contributed by atoms with E-state index in [1.807, 2.05) is 19.9 Å². The summed E-state index contributed by atoms with van der Waals surface area (Å²) >= 11 is 3.53. The smallest absolute Gasteiger partial charge is 0.0683 e. The molecule has 0 saturated heterocycles. The molecule has 0 bridgehead atoms. The first-order valence-electron chi connectivity index (χ1n) is 6.36. The van der Waals surface area contributed by atoms with E-state index in [2.05, 4.69) is 46.4 Å². The van der Waals surface area contributed by atoms with E-state index < -0.39 is 0 Å². The van der Waals surface area contributed by atoms with Crippen molar-refractivity contribution in [3.63, 3.8) is 0 Å². The van der Waals surface area contributed by atoms with Crippen LogP contribution in [0, 0.1) is 23.7 Å². The molecule has 1 aromatic carbocycles. The molecular weight excluding hydrogens is 288 g/mol. The zero-order valence-electron chi connectivity index (χ0n) is 11.4. The largest absolute Gasteiger partial charge is 0.385 e. The number of halogens is 1. The Kier molecular flexibility index (Phi) is 5.68. The van der Waals surface area contributed by atoms with Crippen molar-refractivity contribution in [2.24, 2.45) is 5.41 Å². The number of benzene rings is 1. The molecule has 0 spiro atoms. The standard InChI is InChI=1S/C15H21BrN2/c1-12-13(16)7-6-8-14(12)18-10-5-4-9-15(2,3)11-17/h6-8,18H,4-5,9-10H2,1-3H3. The number of hydrogen-bond donors (Lipinski definition) is 1. The number of rotatable bonds is 6. The Labute approximate surface area is 119 Å². The molecule has 98 valence electrons. The summed E-state index contributed by atoms with van der Waals surface area (Å²) in [5, 5.41) is 12.4. The molecule has 3 heteroatoms. The number of anilines is 1. The van der Waals surface area contributed by atoms with Gasteiger partial charge < -0.3 is 5.32 Å². The van der Waals surface area contributed by atoms with Crippen molar-refractivity contribution in [3.8, 4) is 6.07 Å². The summed E-state index contributed by atoms with van der Waals surface area (Å²) in [5.74, 6) is 0. The average molecular weight is 309 g/mol. The zero-order valence-corrected chi connectivity index (χ0v) is 13.0. The number of nitriles is 1. The van der Waals surface area contributed by atoms with Crippen molar-refractivity contribution < 1.29 is 0 Å². The molecule has 0 aliphatic heterocycles. The van der Waals surface area contributed by atoms with Gasteiger partial charge in [-0.05, 0) is 51.3 Å². The van der Waals surface area contributed by atoms with Crippen LogP contribution in [-0.4, -0.2) is 6.54 Å². The Morgan fingerprint density at radius 3 is 2.72 bits per heavy atom. The predicted octanol–water partition coefficient (Wildman–Crippen LogP) is 4.89. The third-order valence-corrected chi connectivity index (χ3v) is 3.97. The molecule has 18 heavy (non-hydrogen) atoms. The Balaban J connectivity index is 2.31. The molecule has 1 N–H and O–H groups in total. The van der Waals surface area contributed by atoms with Crippen LogP contribution in [0.15, 0.2) is 22.7 Å². The van der Waals surface area contributed by atoms with Crippen LogP contribution in [0.2, 0.25) is 0 Å². The first kappa shape index (κ1) is 15.0. The third kappa shape index (κ3) is 4.70. The summed E-state index contributed by atoms with van der Waals surface area (Å²) in [6.45, 7) is 7.06. The van der Waals surface area contributed by atoms with Crippen molar-refractivity contribution in [1.29, 1.82) is 5.26 Å². The van der Waals surface area contributed by atoms with E-state index in [0.717, 1.165) is 30.3 Å². The van der Waals surface area contributed by atoms with E-state index in [4.69, 9.17) is 5.26 Å². The van der Waals surface area contributed by atoms with Gasteiger partial charge in [-0.15, -0.1) is 0 Å². The molecule has 0 aliphatic carbocycles. The SMILES string of the molecule is Cc1c(Br)cccc1NCCCCC(C)(C)C#N. The van der Waals surface area contributed by atoms with Gasteiger partial charge in [0.1, 0.15) is 0 Å². The summed E-state index contributed by atoms with van der Waals surface area (Å²) in [6.07, 6.45) is 3.14. The molecule has 0 atom stereocenters. The number of unbranched alkanes of at least 4 members (excludes halogenated alkanes) is 1. The Morgan fingerprint density at radius 2 is 2.06 bits per heavy atom. The maximum absolute atomic E-state index is 8.92. The Morgan fingerprint density at radius 1 is 1.33 bits per heavy atom. The van der Waals surface area contributed by atoms with Crippen LogP contribution in [0.1, 0.15) is 38.7 Å². The summed E-state index contributed by atoms with van der Waals surface area (Å²) in [7, 11) is 0. The lowest BCUT2D eigenvalue weighted by atomic mass is 9.89. The molecule has 0 fully saturated rings. The summed E-state index contributed by atoms with van der Waals surface area (Å²) in [5.41, 5.74) is 2.24. The summed E-state index contributed by atoms with van der Waals surface area (Å²) in [4.78, 5) is 0. The molecule has 0 saturated carbocycles. The van der Waals surface area contributed by atoms with E-state index >= 15 is 0 Å². The second-order valence-electron chi connectivity index (χ2n) is 5.29. The quantitative estimate of drug-likeness (QED) is 0.759. The highest BCUT2D eigenvalue weighted by molar-refractivity contribution is 9.10. The van der Waals surface area contributed by atoms with Gasteiger partial charge in [-0.2, -0.15) is 5.26 Å². The van der Waals surface area contributed by atoms with E-state index in [-0.39, 0.29) is 5.41 Å². The Bertz CT molecular complexity index is 433. The minimum atomic E-state index is -0.189. The number of nitrogens with zero attached hydrogens (tertiary/aromatic N) is 1. The molecular formula is C15H21BrN2. The predicted molar refractivity (Wildman–Crippen MR) is 80.6 cm³/mol. The maximum atomic E-state index is 8.92. The van der Waals surface area contributed by atoms with E-state index in [1.165, 1.54) is 11.3 Å². The van der Waals surface area contributed by atoms with Crippen molar-refractivity contribution in [1.82, 2.24) is 0 Å². The molecule has 2 nitrogen and oxygen atoms in total. The van der Waals surface area contributed by atoms with Crippen molar-refractivity contribution in [2.45, 2.75) is 40.0 Å². The lowest BCUT2D eigenvalue weighted by Crippen LogP contribution is -2.09. The van der Waals surface area contributed by atoms with Crippen LogP contribution >= 0.6 is 15.9 Å². The fraction of sp³-hybridized carbons (Fsp3) is 0.533. The van der Waals surface area contributed by atoms with Gasteiger partial charge in [0.2, 0.25) is 0 Å². The third-order valence-electron chi connectivity index (χ3n) is 3.11. The molecule has 0 aromatic heterocycles. The van der Waals surface area contributed by atoms with Crippen LogP contribution in [-0.2, 0) is 0 Å². The molecule has 0 aliphatic rings. The topological polar surface area (TPSA) is 35.8 Å². The fourth-order valence-electron chi connectivity index (χ4n) is 1.77. The van der Waals surface area contributed by atoms with Crippen LogP contribution < -0.4 is 5.32 Å². The normalized spacial score (nSPS) is 11.1. The van der Waals surface area contributed by atoms with Gasteiger partial charge in [0.15, 0.2) is 0 Å².